The van der Waals surface area contributed by atoms with E-state index in [9.17, 15) is 0 Å². The highest BCUT2D eigenvalue weighted by molar-refractivity contribution is 6.37. The Morgan fingerprint density at radius 1 is 1.00 bits per heavy atom. The van der Waals surface area contributed by atoms with E-state index >= 15 is 0 Å². The second-order valence-electron chi connectivity index (χ2n) is 4.55. The van der Waals surface area contributed by atoms with Crippen molar-refractivity contribution in [2.45, 2.75) is 0 Å². The van der Waals surface area contributed by atoms with Crippen LogP contribution < -0.4 is 5.43 Å². The molecule has 0 bridgehead atoms. The van der Waals surface area contributed by atoms with Crippen molar-refractivity contribution in [2.75, 3.05) is 5.43 Å². The van der Waals surface area contributed by atoms with Crippen molar-refractivity contribution in [1.82, 2.24) is 15.0 Å². The summed E-state index contributed by atoms with van der Waals surface area (Å²) >= 11 is 12.5. The van der Waals surface area contributed by atoms with Gasteiger partial charge in [0.2, 0.25) is 5.95 Å². The van der Waals surface area contributed by atoms with E-state index < -0.39 is 0 Å². The van der Waals surface area contributed by atoms with Crippen LogP contribution in [-0.4, -0.2) is 21.2 Å². The Morgan fingerprint density at radius 2 is 1.74 bits per heavy atom. The van der Waals surface area contributed by atoms with Crippen molar-refractivity contribution < 1.29 is 0 Å². The van der Waals surface area contributed by atoms with E-state index in [2.05, 4.69) is 25.5 Å². The molecule has 5 nitrogen and oxygen atoms in total. The van der Waals surface area contributed by atoms with E-state index in [1.54, 1.807) is 12.3 Å². The minimum absolute atomic E-state index is 0.350. The summed E-state index contributed by atoms with van der Waals surface area (Å²) in [6.45, 7) is 0. The first-order chi connectivity index (χ1) is 11.2. The largest absolute Gasteiger partial charge is 0.246 e. The lowest BCUT2D eigenvalue weighted by Crippen LogP contribution is -1.98. The van der Waals surface area contributed by atoms with Crippen molar-refractivity contribution in [3.05, 3.63) is 70.7 Å². The Hall–Kier alpha value is -2.50. The maximum atomic E-state index is 6.32. The lowest BCUT2D eigenvalue weighted by Gasteiger charge is -2.09. The fourth-order valence-electron chi connectivity index (χ4n) is 2.02. The zero-order valence-corrected chi connectivity index (χ0v) is 13.3. The molecule has 0 amide bonds. The molecule has 3 rings (SSSR count). The quantitative estimate of drug-likeness (QED) is 0.566. The predicted octanol–water partition coefficient (Wildman–Crippen LogP) is 4.29. The lowest BCUT2D eigenvalue weighted by molar-refractivity contribution is 1.03. The van der Waals surface area contributed by atoms with Crippen LogP contribution in [0.5, 0.6) is 0 Å². The molecule has 7 heteroatoms. The number of halogens is 2. The molecule has 114 valence electrons. The van der Waals surface area contributed by atoms with E-state index in [4.69, 9.17) is 23.2 Å². The number of benzene rings is 2. The third-order valence-corrected chi connectivity index (χ3v) is 3.56. The van der Waals surface area contributed by atoms with Gasteiger partial charge < -0.3 is 0 Å². The van der Waals surface area contributed by atoms with Gasteiger partial charge in [-0.15, -0.1) is 0 Å². The number of hydrogen-bond donors (Lipinski definition) is 1. The van der Waals surface area contributed by atoms with Gasteiger partial charge in [-0.2, -0.15) is 15.1 Å². The van der Waals surface area contributed by atoms with E-state index in [1.807, 2.05) is 36.4 Å². The average Bonchev–Trinajstić information content (AvgIpc) is 2.58. The van der Waals surface area contributed by atoms with Gasteiger partial charge in [0.15, 0.2) is 0 Å². The van der Waals surface area contributed by atoms with Crippen molar-refractivity contribution in [3.63, 3.8) is 0 Å². The molecule has 0 atom stereocenters. The highest BCUT2D eigenvalue weighted by Gasteiger charge is 2.09. The Balaban J connectivity index is 1.95. The number of nitrogens with one attached hydrogen (secondary N) is 1. The molecule has 0 aliphatic heterocycles. The summed E-state index contributed by atoms with van der Waals surface area (Å²) in [6.07, 6.45) is 4.38. The zero-order valence-electron chi connectivity index (χ0n) is 11.8. The first-order valence-corrected chi connectivity index (χ1v) is 7.45. The van der Waals surface area contributed by atoms with E-state index in [0.29, 0.717) is 16.0 Å². The van der Waals surface area contributed by atoms with Crippen LogP contribution in [0.3, 0.4) is 0 Å². The van der Waals surface area contributed by atoms with Crippen LogP contribution in [0.4, 0.5) is 5.95 Å². The van der Waals surface area contributed by atoms with Gasteiger partial charge in [0.05, 0.1) is 11.2 Å². The normalized spacial score (nSPS) is 10.9. The van der Waals surface area contributed by atoms with Gasteiger partial charge in [0.1, 0.15) is 12.7 Å². The third-order valence-electron chi connectivity index (χ3n) is 3.03. The summed E-state index contributed by atoms with van der Waals surface area (Å²) in [7, 11) is 0. The maximum Gasteiger partial charge on any atom is 0.246 e. The monoisotopic (exact) mass is 343 g/mol. The summed E-state index contributed by atoms with van der Waals surface area (Å²) in [4.78, 5) is 11.6. The van der Waals surface area contributed by atoms with Crippen LogP contribution in [0.25, 0.3) is 11.1 Å². The van der Waals surface area contributed by atoms with Crippen molar-refractivity contribution in [1.29, 1.82) is 0 Å². The van der Waals surface area contributed by atoms with Crippen LogP contribution in [0, 0.1) is 0 Å². The zero-order chi connectivity index (χ0) is 16.1. The first-order valence-electron chi connectivity index (χ1n) is 6.69. The van der Waals surface area contributed by atoms with Crippen LogP contribution in [0.1, 0.15) is 5.56 Å². The average molecular weight is 344 g/mol. The Bertz CT molecular complexity index is 823. The molecule has 23 heavy (non-hydrogen) atoms. The van der Waals surface area contributed by atoms with Crippen LogP contribution in [0.2, 0.25) is 10.0 Å². The number of hydrazone groups is 1. The third kappa shape index (κ3) is 3.83. The predicted molar refractivity (Wildman–Crippen MR) is 92.9 cm³/mol. The topological polar surface area (TPSA) is 63.1 Å². The highest BCUT2D eigenvalue weighted by Crippen LogP contribution is 2.31. The van der Waals surface area contributed by atoms with Crippen molar-refractivity contribution in [2.24, 2.45) is 5.10 Å². The number of rotatable bonds is 4. The second-order valence-corrected chi connectivity index (χ2v) is 5.39. The van der Waals surface area contributed by atoms with Gasteiger partial charge >= 0.3 is 0 Å². The molecule has 2 aromatic carbocycles. The Morgan fingerprint density at radius 3 is 2.48 bits per heavy atom. The van der Waals surface area contributed by atoms with Gasteiger partial charge in [0, 0.05) is 10.6 Å². The molecule has 0 unspecified atom stereocenters. The molecule has 0 aliphatic rings. The number of hydrogen-bond acceptors (Lipinski definition) is 5. The molecule has 0 radical (unpaired) electrons. The smallest absolute Gasteiger partial charge is 0.245 e. The van der Waals surface area contributed by atoms with Gasteiger partial charge in [-0.1, -0.05) is 53.5 Å². The lowest BCUT2D eigenvalue weighted by atomic mass is 10.0. The molecule has 0 spiro atoms. The second kappa shape index (κ2) is 7.17. The van der Waals surface area contributed by atoms with Gasteiger partial charge in [0.25, 0.3) is 0 Å². The molecule has 1 heterocycles. The van der Waals surface area contributed by atoms with Gasteiger partial charge in [-0.05, 0) is 23.3 Å². The number of anilines is 1. The first kappa shape index (κ1) is 15.4. The van der Waals surface area contributed by atoms with Crippen molar-refractivity contribution in [3.8, 4) is 11.1 Å². The summed E-state index contributed by atoms with van der Waals surface area (Å²) in [6, 6.07) is 13.4. The molecule has 0 saturated carbocycles. The fourth-order valence-corrected chi connectivity index (χ4v) is 2.57. The van der Waals surface area contributed by atoms with Crippen LogP contribution >= 0.6 is 23.2 Å². The molecule has 3 aromatic rings. The number of nitrogens with zero attached hydrogens (tertiary/aromatic N) is 4. The summed E-state index contributed by atoms with van der Waals surface area (Å²) in [5.41, 5.74) is 5.37. The van der Waals surface area contributed by atoms with Gasteiger partial charge in [-0.3, -0.25) is 0 Å². The van der Waals surface area contributed by atoms with E-state index in [-0.39, 0.29) is 0 Å². The minimum Gasteiger partial charge on any atom is -0.245 e. The van der Waals surface area contributed by atoms with Crippen LogP contribution in [0.15, 0.2) is 60.2 Å². The molecular weight excluding hydrogens is 333 g/mol. The standard InChI is InChI=1S/C16H11Cl2N5/c17-12-6-13(11-4-2-1-3-5-11)14(15(18)7-12)8-22-23-16-20-9-19-10-21-16/h1-10H,(H,19,20,21,23). The molecule has 1 aromatic heterocycles. The Labute approximate surface area is 143 Å². The molecule has 0 aliphatic carbocycles. The van der Waals surface area contributed by atoms with E-state index in [1.165, 1.54) is 12.7 Å². The molecule has 0 fully saturated rings. The highest BCUT2D eigenvalue weighted by atomic mass is 35.5. The van der Waals surface area contributed by atoms with E-state index in [0.717, 1.165) is 16.7 Å². The minimum atomic E-state index is 0.350. The number of aromatic nitrogens is 3. The van der Waals surface area contributed by atoms with Gasteiger partial charge in [-0.25, -0.2) is 10.4 Å². The maximum absolute atomic E-state index is 6.32. The SMILES string of the molecule is Clc1cc(Cl)c(C=NNc2ncncn2)c(-c2ccccc2)c1. The summed E-state index contributed by atoms with van der Waals surface area (Å²) in [5.74, 6) is 0.350. The fraction of sp³-hybridized carbons (Fsp3) is 0. The molecule has 0 saturated heterocycles. The summed E-state index contributed by atoms with van der Waals surface area (Å²) < 4.78 is 0. The Kier molecular flexibility index (Phi) is 4.80. The molecule has 1 N–H and O–H groups in total. The van der Waals surface area contributed by atoms with Crippen LogP contribution in [-0.2, 0) is 0 Å². The molecular formula is C16H11Cl2N5. The van der Waals surface area contributed by atoms with Crippen molar-refractivity contribution >= 4 is 35.4 Å². The summed E-state index contributed by atoms with van der Waals surface area (Å²) in [5, 5.41) is 5.21.